The number of hydrogen-bond donors (Lipinski definition) is 1. The van der Waals surface area contributed by atoms with Gasteiger partial charge in [0.25, 0.3) is 10.0 Å². The van der Waals surface area contributed by atoms with E-state index in [9.17, 15) is 22.4 Å². The zero-order chi connectivity index (χ0) is 15.8. The average molecular weight is 379 g/mol. The smallest absolute Gasteiger partial charge is 0.265 e. The zero-order valence-corrected chi connectivity index (χ0v) is 13.0. The predicted molar refractivity (Wildman–Crippen MR) is 75.0 cm³/mol. The number of halogens is 3. The molecule has 2 rings (SSSR count). The minimum atomic E-state index is -4.28. The van der Waals surface area contributed by atoms with Crippen LogP contribution in [0.15, 0.2) is 39.8 Å². The van der Waals surface area contributed by atoms with Gasteiger partial charge in [-0.1, -0.05) is 0 Å². The van der Waals surface area contributed by atoms with Gasteiger partial charge in [0.2, 0.25) is 5.69 Å². The monoisotopic (exact) mass is 378 g/mol. The average Bonchev–Trinajstić information content (AvgIpc) is 2.34. The highest BCUT2D eigenvalue weighted by molar-refractivity contribution is 9.10. The Hall–Kier alpha value is -1.74. The fourth-order valence-electron chi connectivity index (χ4n) is 1.60. The standard InChI is InChI=1S/C12H9BrF2N2O3S/c1-7-11(4-8(13)6-17(7)18)16-21(19,20)12-3-2-9(14)5-10(12)15/h2-6,16H,1H3. The van der Waals surface area contributed by atoms with E-state index >= 15 is 0 Å². The van der Waals surface area contributed by atoms with Crippen LogP contribution in [0.5, 0.6) is 0 Å². The number of pyridine rings is 1. The summed E-state index contributed by atoms with van der Waals surface area (Å²) < 4.78 is 53.5. The lowest BCUT2D eigenvalue weighted by molar-refractivity contribution is -0.612. The minimum absolute atomic E-state index is 0.0110. The largest absolute Gasteiger partial charge is 0.618 e. The molecule has 9 heteroatoms. The summed E-state index contributed by atoms with van der Waals surface area (Å²) in [5.41, 5.74) is 0.0763. The van der Waals surface area contributed by atoms with E-state index in [0.717, 1.165) is 12.1 Å². The first kappa shape index (κ1) is 15.6. The molecule has 0 aliphatic heterocycles. The molecule has 0 atom stereocenters. The summed E-state index contributed by atoms with van der Waals surface area (Å²) >= 11 is 3.06. The molecular weight excluding hydrogens is 370 g/mol. The van der Waals surface area contributed by atoms with Crippen molar-refractivity contribution in [3.63, 3.8) is 0 Å². The van der Waals surface area contributed by atoms with Crippen molar-refractivity contribution in [2.24, 2.45) is 0 Å². The molecule has 0 unspecified atom stereocenters. The SMILES string of the molecule is Cc1c(NS(=O)(=O)c2ccc(F)cc2F)cc(Br)c[n+]1[O-]. The molecule has 0 saturated carbocycles. The number of nitrogens with one attached hydrogen (secondary N) is 1. The lowest BCUT2D eigenvalue weighted by Crippen LogP contribution is -2.31. The Labute approximate surface area is 128 Å². The summed E-state index contributed by atoms with van der Waals surface area (Å²) in [6.45, 7) is 1.40. The van der Waals surface area contributed by atoms with Gasteiger partial charge in [-0.2, -0.15) is 4.73 Å². The van der Waals surface area contributed by atoms with Crippen molar-refractivity contribution in [1.29, 1.82) is 0 Å². The zero-order valence-electron chi connectivity index (χ0n) is 10.6. The van der Waals surface area contributed by atoms with E-state index in [0.29, 0.717) is 15.3 Å². The molecule has 1 aromatic heterocycles. The van der Waals surface area contributed by atoms with Gasteiger partial charge in [-0.05, 0) is 34.1 Å². The second kappa shape index (κ2) is 5.57. The van der Waals surface area contributed by atoms with Crippen molar-refractivity contribution in [3.05, 3.63) is 57.5 Å². The maximum absolute atomic E-state index is 13.6. The van der Waals surface area contributed by atoms with Gasteiger partial charge < -0.3 is 5.21 Å². The van der Waals surface area contributed by atoms with E-state index in [-0.39, 0.29) is 11.4 Å². The normalized spacial score (nSPS) is 11.4. The van der Waals surface area contributed by atoms with Crippen molar-refractivity contribution in [2.75, 3.05) is 4.72 Å². The molecule has 0 radical (unpaired) electrons. The minimum Gasteiger partial charge on any atom is -0.618 e. The third-order valence-corrected chi connectivity index (χ3v) is 4.50. The first-order valence-electron chi connectivity index (χ1n) is 5.58. The van der Waals surface area contributed by atoms with E-state index in [1.807, 2.05) is 0 Å². The molecule has 1 N–H and O–H groups in total. The molecule has 0 aliphatic rings. The molecular formula is C12H9BrF2N2O3S. The maximum Gasteiger partial charge on any atom is 0.265 e. The second-order valence-corrected chi connectivity index (χ2v) is 6.73. The summed E-state index contributed by atoms with van der Waals surface area (Å²) in [4.78, 5) is -0.708. The van der Waals surface area contributed by atoms with Crippen molar-refractivity contribution in [3.8, 4) is 0 Å². The van der Waals surface area contributed by atoms with Gasteiger partial charge in [0.1, 0.15) is 22.2 Å². The number of anilines is 1. The van der Waals surface area contributed by atoms with Crippen LogP contribution in [0.4, 0.5) is 14.5 Å². The third-order valence-electron chi connectivity index (χ3n) is 2.67. The van der Waals surface area contributed by atoms with E-state index in [4.69, 9.17) is 0 Å². The first-order valence-corrected chi connectivity index (χ1v) is 7.85. The summed E-state index contributed by atoms with van der Waals surface area (Å²) in [6, 6.07) is 3.48. The third kappa shape index (κ3) is 3.30. The van der Waals surface area contributed by atoms with Gasteiger partial charge in [0.05, 0.1) is 4.47 Å². The Morgan fingerprint density at radius 2 is 1.95 bits per heavy atom. The number of rotatable bonds is 3. The fourth-order valence-corrected chi connectivity index (χ4v) is 3.19. The summed E-state index contributed by atoms with van der Waals surface area (Å²) in [7, 11) is -4.28. The molecule has 0 amide bonds. The van der Waals surface area contributed by atoms with Crippen LogP contribution >= 0.6 is 15.9 Å². The Bertz CT molecular complexity index is 812. The number of benzene rings is 1. The van der Waals surface area contributed by atoms with Gasteiger partial charge >= 0.3 is 0 Å². The number of hydrogen-bond acceptors (Lipinski definition) is 3. The molecule has 2 aromatic rings. The van der Waals surface area contributed by atoms with Crippen LogP contribution in [-0.4, -0.2) is 8.42 Å². The van der Waals surface area contributed by atoms with Crippen LogP contribution in [-0.2, 0) is 10.0 Å². The van der Waals surface area contributed by atoms with Crippen LogP contribution in [0, 0.1) is 23.8 Å². The first-order chi connectivity index (χ1) is 9.70. The summed E-state index contributed by atoms with van der Waals surface area (Å²) in [5, 5.41) is 11.5. The molecule has 0 saturated heterocycles. The maximum atomic E-state index is 13.6. The van der Waals surface area contributed by atoms with Crippen molar-refractivity contribution < 1.29 is 21.9 Å². The van der Waals surface area contributed by atoms with Crippen LogP contribution in [0.2, 0.25) is 0 Å². The molecule has 112 valence electrons. The lowest BCUT2D eigenvalue weighted by atomic mass is 10.3. The van der Waals surface area contributed by atoms with Gasteiger partial charge in [-0.15, -0.1) is 0 Å². The van der Waals surface area contributed by atoms with Gasteiger partial charge in [-0.3, -0.25) is 4.72 Å². The number of nitrogens with zero attached hydrogens (tertiary/aromatic N) is 1. The van der Waals surface area contributed by atoms with Crippen LogP contribution in [0.3, 0.4) is 0 Å². The van der Waals surface area contributed by atoms with Crippen LogP contribution < -0.4 is 9.45 Å². The molecule has 0 spiro atoms. The molecule has 21 heavy (non-hydrogen) atoms. The molecule has 1 heterocycles. The summed E-state index contributed by atoms with van der Waals surface area (Å²) in [5.74, 6) is -2.10. The van der Waals surface area contributed by atoms with E-state index in [1.54, 1.807) is 0 Å². The fraction of sp³-hybridized carbons (Fsp3) is 0.0833. The van der Waals surface area contributed by atoms with E-state index < -0.39 is 26.6 Å². The van der Waals surface area contributed by atoms with Crippen LogP contribution in [0.1, 0.15) is 5.69 Å². The highest BCUT2D eigenvalue weighted by Crippen LogP contribution is 2.22. The number of aromatic nitrogens is 1. The molecule has 1 aromatic carbocycles. The van der Waals surface area contributed by atoms with Crippen molar-refractivity contribution in [2.45, 2.75) is 11.8 Å². The molecule has 5 nitrogen and oxygen atoms in total. The quantitative estimate of drug-likeness (QED) is 0.658. The predicted octanol–water partition coefficient (Wildman–Crippen LogP) is 2.47. The Morgan fingerprint density at radius 1 is 1.29 bits per heavy atom. The molecule has 0 fully saturated rings. The topological polar surface area (TPSA) is 73.1 Å². The molecule has 0 bridgehead atoms. The van der Waals surface area contributed by atoms with E-state index in [1.165, 1.54) is 19.2 Å². The number of sulfonamides is 1. The van der Waals surface area contributed by atoms with Gasteiger partial charge in [-0.25, -0.2) is 17.2 Å². The lowest BCUT2D eigenvalue weighted by Gasteiger charge is -2.11. The van der Waals surface area contributed by atoms with Crippen LogP contribution in [0.25, 0.3) is 0 Å². The van der Waals surface area contributed by atoms with Crippen molar-refractivity contribution >= 4 is 31.6 Å². The van der Waals surface area contributed by atoms with Gasteiger partial charge in [0.15, 0.2) is 6.20 Å². The summed E-state index contributed by atoms with van der Waals surface area (Å²) in [6.07, 6.45) is 1.20. The Balaban J connectivity index is 2.47. The van der Waals surface area contributed by atoms with E-state index in [2.05, 4.69) is 20.7 Å². The Morgan fingerprint density at radius 3 is 2.57 bits per heavy atom. The Kier molecular flexibility index (Phi) is 4.15. The van der Waals surface area contributed by atoms with Crippen molar-refractivity contribution in [1.82, 2.24) is 0 Å². The highest BCUT2D eigenvalue weighted by atomic mass is 79.9. The van der Waals surface area contributed by atoms with Gasteiger partial charge in [0, 0.05) is 13.0 Å². The highest BCUT2D eigenvalue weighted by Gasteiger charge is 2.22. The molecule has 0 aliphatic carbocycles. The second-order valence-electron chi connectivity index (χ2n) is 4.16.